The molecule has 0 aromatic carbocycles. The quantitative estimate of drug-likeness (QED) is 0.408. The van der Waals surface area contributed by atoms with Crippen molar-refractivity contribution in [2.24, 2.45) is 0 Å². The zero-order valence-corrected chi connectivity index (χ0v) is 9.96. The van der Waals surface area contributed by atoms with E-state index in [0.717, 1.165) is 38.8 Å². The molecular weight excluding hydrogens is 206 g/mol. The maximum absolute atomic E-state index is 11.0. The lowest BCUT2D eigenvalue weighted by molar-refractivity contribution is -0.139. The molecule has 4 nitrogen and oxygen atoms in total. The van der Waals surface area contributed by atoms with Gasteiger partial charge in [-0.15, -0.1) is 0 Å². The first-order valence-electron chi connectivity index (χ1n) is 5.88. The molecule has 16 heavy (non-hydrogen) atoms. The summed E-state index contributed by atoms with van der Waals surface area (Å²) in [6.45, 7) is 7.45. The second-order valence-corrected chi connectivity index (χ2v) is 4.08. The monoisotopic (exact) mass is 227 g/mol. The predicted octanol–water partition coefficient (Wildman–Crippen LogP) is 1.61. The van der Waals surface area contributed by atoms with Crippen molar-refractivity contribution in [1.82, 2.24) is 5.32 Å². The average molecular weight is 227 g/mol. The Morgan fingerprint density at radius 3 is 2.94 bits per heavy atom. The molecule has 1 heterocycles. The lowest BCUT2D eigenvalue weighted by Gasteiger charge is -2.09. The van der Waals surface area contributed by atoms with Crippen molar-refractivity contribution < 1.29 is 14.3 Å². The van der Waals surface area contributed by atoms with Crippen LogP contribution in [0.5, 0.6) is 0 Å². The van der Waals surface area contributed by atoms with Gasteiger partial charge in [0, 0.05) is 12.1 Å². The largest absolute Gasteiger partial charge is 0.462 e. The molecule has 1 saturated heterocycles. The summed E-state index contributed by atoms with van der Waals surface area (Å²) in [5, 5.41) is 3.26. The maximum Gasteiger partial charge on any atom is 0.333 e. The fourth-order valence-electron chi connectivity index (χ4n) is 1.56. The van der Waals surface area contributed by atoms with Gasteiger partial charge in [0.05, 0.1) is 13.2 Å². The third-order valence-corrected chi connectivity index (χ3v) is 2.49. The van der Waals surface area contributed by atoms with Crippen LogP contribution < -0.4 is 5.32 Å². The number of ether oxygens (including phenoxy) is 2. The minimum Gasteiger partial charge on any atom is -0.462 e. The number of unbranched alkanes of at least 4 members (excludes halogenated alkanes) is 2. The second kappa shape index (κ2) is 7.41. The van der Waals surface area contributed by atoms with Gasteiger partial charge in [-0.3, -0.25) is 5.32 Å². The molecule has 0 spiro atoms. The zero-order chi connectivity index (χ0) is 11.8. The average Bonchev–Trinajstić information content (AvgIpc) is 2.75. The van der Waals surface area contributed by atoms with Crippen LogP contribution in [-0.4, -0.2) is 32.0 Å². The number of hydrogen-bond acceptors (Lipinski definition) is 4. The van der Waals surface area contributed by atoms with Crippen LogP contribution in [0.25, 0.3) is 0 Å². The maximum atomic E-state index is 11.0. The van der Waals surface area contributed by atoms with Crippen molar-refractivity contribution in [3.8, 4) is 0 Å². The Hall–Kier alpha value is -0.870. The van der Waals surface area contributed by atoms with E-state index in [2.05, 4.69) is 11.9 Å². The topological polar surface area (TPSA) is 47.6 Å². The van der Waals surface area contributed by atoms with E-state index in [4.69, 9.17) is 9.47 Å². The van der Waals surface area contributed by atoms with Gasteiger partial charge < -0.3 is 9.47 Å². The first-order chi connectivity index (χ1) is 7.70. The highest BCUT2D eigenvalue weighted by molar-refractivity contribution is 5.86. The summed E-state index contributed by atoms with van der Waals surface area (Å²) >= 11 is 0. The van der Waals surface area contributed by atoms with E-state index < -0.39 is 0 Å². The van der Waals surface area contributed by atoms with Gasteiger partial charge in [-0.2, -0.15) is 0 Å². The van der Waals surface area contributed by atoms with Crippen molar-refractivity contribution in [2.45, 2.75) is 38.8 Å². The zero-order valence-electron chi connectivity index (χ0n) is 9.96. The minimum atomic E-state index is -0.291. The molecule has 0 aliphatic carbocycles. The van der Waals surface area contributed by atoms with Crippen LogP contribution in [-0.2, 0) is 14.3 Å². The van der Waals surface area contributed by atoms with E-state index in [1.807, 2.05) is 0 Å². The van der Waals surface area contributed by atoms with Crippen LogP contribution in [0.15, 0.2) is 12.2 Å². The van der Waals surface area contributed by atoms with Gasteiger partial charge in [0.25, 0.3) is 0 Å². The molecule has 1 aliphatic heterocycles. The molecule has 1 fully saturated rings. The minimum absolute atomic E-state index is 0.234. The highest BCUT2D eigenvalue weighted by Crippen LogP contribution is 2.08. The Morgan fingerprint density at radius 1 is 1.50 bits per heavy atom. The smallest absolute Gasteiger partial charge is 0.333 e. The summed E-state index contributed by atoms with van der Waals surface area (Å²) in [4.78, 5) is 11.0. The Labute approximate surface area is 97.0 Å². The van der Waals surface area contributed by atoms with Crippen molar-refractivity contribution in [3.63, 3.8) is 0 Å². The molecule has 4 heteroatoms. The van der Waals surface area contributed by atoms with E-state index in [-0.39, 0.29) is 12.2 Å². The molecule has 1 atom stereocenters. The summed E-state index contributed by atoms with van der Waals surface area (Å²) in [6, 6.07) is 0. The van der Waals surface area contributed by atoms with E-state index in [9.17, 15) is 4.79 Å². The third-order valence-electron chi connectivity index (χ3n) is 2.49. The third kappa shape index (κ3) is 5.28. The molecule has 0 saturated carbocycles. The Morgan fingerprint density at radius 2 is 2.31 bits per heavy atom. The van der Waals surface area contributed by atoms with Crippen LogP contribution in [0, 0.1) is 0 Å². The molecule has 0 radical (unpaired) electrons. The summed E-state index contributed by atoms with van der Waals surface area (Å²) in [5.41, 5.74) is 0.462. The highest BCUT2D eigenvalue weighted by atomic mass is 16.5. The molecule has 1 rings (SSSR count). The van der Waals surface area contributed by atoms with Crippen LogP contribution in [0.1, 0.15) is 32.6 Å². The van der Waals surface area contributed by atoms with Gasteiger partial charge in [-0.1, -0.05) is 6.58 Å². The molecule has 92 valence electrons. The number of carbonyl (C=O) groups is 1. The SMILES string of the molecule is C=C(C)C(=O)OCCCCCC1NCCO1. The van der Waals surface area contributed by atoms with E-state index >= 15 is 0 Å². The molecule has 0 bridgehead atoms. The van der Waals surface area contributed by atoms with E-state index in [1.165, 1.54) is 0 Å². The molecule has 0 amide bonds. The summed E-state index contributed by atoms with van der Waals surface area (Å²) < 4.78 is 10.4. The van der Waals surface area contributed by atoms with E-state index in [0.29, 0.717) is 12.2 Å². The lowest BCUT2D eigenvalue weighted by atomic mass is 10.2. The number of carbonyl (C=O) groups excluding carboxylic acids is 1. The summed E-state index contributed by atoms with van der Waals surface area (Å²) in [7, 11) is 0. The molecule has 1 unspecified atom stereocenters. The van der Waals surface area contributed by atoms with Gasteiger partial charge in [0.15, 0.2) is 0 Å². The van der Waals surface area contributed by atoms with Gasteiger partial charge in [-0.25, -0.2) is 4.79 Å². The van der Waals surface area contributed by atoms with Crippen LogP contribution in [0.4, 0.5) is 0 Å². The number of hydrogen-bond donors (Lipinski definition) is 1. The molecule has 0 aromatic rings. The van der Waals surface area contributed by atoms with Crippen LogP contribution in [0.2, 0.25) is 0 Å². The number of rotatable bonds is 7. The second-order valence-electron chi connectivity index (χ2n) is 4.08. The highest BCUT2D eigenvalue weighted by Gasteiger charge is 2.12. The molecule has 0 aromatic heterocycles. The Balaban J connectivity index is 1.88. The Bertz CT molecular complexity index is 234. The van der Waals surface area contributed by atoms with Crippen molar-refractivity contribution in [3.05, 3.63) is 12.2 Å². The summed E-state index contributed by atoms with van der Waals surface area (Å²) in [6.07, 6.45) is 4.34. The van der Waals surface area contributed by atoms with Gasteiger partial charge in [0.2, 0.25) is 0 Å². The normalized spacial score (nSPS) is 19.7. The number of esters is 1. The lowest BCUT2D eigenvalue weighted by Crippen LogP contribution is -2.22. The molecular formula is C12H21NO3. The van der Waals surface area contributed by atoms with Crippen LogP contribution >= 0.6 is 0 Å². The van der Waals surface area contributed by atoms with Gasteiger partial charge >= 0.3 is 5.97 Å². The van der Waals surface area contributed by atoms with Crippen molar-refractivity contribution in [2.75, 3.05) is 19.8 Å². The van der Waals surface area contributed by atoms with Crippen molar-refractivity contribution in [1.29, 1.82) is 0 Å². The van der Waals surface area contributed by atoms with Gasteiger partial charge in [0.1, 0.15) is 6.23 Å². The first kappa shape index (κ1) is 13.2. The van der Waals surface area contributed by atoms with Crippen LogP contribution in [0.3, 0.4) is 0 Å². The van der Waals surface area contributed by atoms with Gasteiger partial charge in [-0.05, 0) is 32.6 Å². The van der Waals surface area contributed by atoms with Crippen molar-refractivity contribution >= 4 is 5.97 Å². The number of nitrogens with one attached hydrogen (secondary N) is 1. The van der Waals surface area contributed by atoms with E-state index in [1.54, 1.807) is 6.92 Å². The first-order valence-corrected chi connectivity index (χ1v) is 5.88. The fourth-order valence-corrected chi connectivity index (χ4v) is 1.56. The fraction of sp³-hybridized carbons (Fsp3) is 0.750. The summed E-state index contributed by atoms with van der Waals surface area (Å²) in [5.74, 6) is -0.291. The standard InChI is InChI=1S/C12H21NO3/c1-10(2)12(14)16-8-5-3-4-6-11-13-7-9-15-11/h11,13H,1,3-9H2,2H3. The molecule has 1 aliphatic rings. The Kier molecular flexibility index (Phi) is 6.11. The molecule has 1 N–H and O–H groups in total. The predicted molar refractivity (Wildman–Crippen MR) is 62.0 cm³/mol.